The number of carbonyl (C=O) groups is 1. The van der Waals surface area contributed by atoms with Gasteiger partial charge in [-0.3, -0.25) is 4.79 Å². The highest BCUT2D eigenvalue weighted by Gasteiger charge is 2.37. The van der Waals surface area contributed by atoms with Crippen LogP contribution in [0.1, 0.15) is 19.8 Å². The number of ether oxygens (including phenoxy) is 1. The van der Waals surface area contributed by atoms with Gasteiger partial charge in [0.25, 0.3) is 0 Å². The minimum atomic E-state index is 0.172. The van der Waals surface area contributed by atoms with E-state index in [1.165, 1.54) is 0 Å². The zero-order chi connectivity index (χ0) is 11.4. The Labute approximate surface area is 97.3 Å². The Morgan fingerprint density at radius 1 is 1.38 bits per heavy atom. The average molecular weight is 226 g/mol. The van der Waals surface area contributed by atoms with Crippen LogP contribution in [0, 0.1) is 11.8 Å². The first-order chi connectivity index (χ1) is 7.81. The van der Waals surface area contributed by atoms with Gasteiger partial charge in [-0.05, 0) is 18.3 Å². The van der Waals surface area contributed by atoms with E-state index in [1.54, 1.807) is 0 Å². The molecule has 4 heteroatoms. The number of fused-ring (bicyclic) bond motifs is 1. The summed E-state index contributed by atoms with van der Waals surface area (Å²) in [5, 5.41) is 3.37. The molecule has 2 aliphatic heterocycles. The number of likely N-dealkylation sites (tertiary alicyclic amines) is 1. The van der Waals surface area contributed by atoms with E-state index < -0.39 is 0 Å². The lowest BCUT2D eigenvalue weighted by atomic mass is 10.0. The Hall–Kier alpha value is -0.610. The maximum absolute atomic E-state index is 11.8. The van der Waals surface area contributed by atoms with Gasteiger partial charge in [-0.15, -0.1) is 0 Å². The van der Waals surface area contributed by atoms with E-state index in [1.807, 2.05) is 4.90 Å². The van der Waals surface area contributed by atoms with E-state index in [0.29, 0.717) is 18.4 Å². The van der Waals surface area contributed by atoms with Crippen molar-refractivity contribution in [2.24, 2.45) is 11.8 Å². The van der Waals surface area contributed by atoms with Gasteiger partial charge in [0.1, 0.15) is 6.61 Å². The third-order valence-corrected chi connectivity index (χ3v) is 3.61. The highest BCUT2D eigenvalue weighted by Crippen LogP contribution is 2.26. The molecule has 2 fully saturated rings. The predicted octanol–water partition coefficient (Wildman–Crippen LogP) is 0.481. The molecule has 0 unspecified atom stereocenters. The highest BCUT2D eigenvalue weighted by atomic mass is 16.5. The summed E-state index contributed by atoms with van der Waals surface area (Å²) < 4.78 is 5.36. The van der Waals surface area contributed by atoms with Crippen molar-refractivity contribution >= 4 is 5.91 Å². The van der Waals surface area contributed by atoms with E-state index >= 15 is 0 Å². The van der Waals surface area contributed by atoms with Gasteiger partial charge in [0, 0.05) is 32.8 Å². The van der Waals surface area contributed by atoms with E-state index in [2.05, 4.69) is 12.2 Å². The van der Waals surface area contributed by atoms with Crippen LogP contribution in [0.3, 0.4) is 0 Å². The molecule has 2 aliphatic rings. The maximum atomic E-state index is 11.8. The number of unbranched alkanes of at least 4 members (excludes halogenated alkanes) is 1. The van der Waals surface area contributed by atoms with E-state index in [9.17, 15) is 4.79 Å². The fourth-order valence-corrected chi connectivity index (χ4v) is 2.56. The van der Waals surface area contributed by atoms with Crippen LogP contribution in [0.15, 0.2) is 0 Å². The second-order valence-corrected chi connectivity index (χ2v) is 4.88. The second kappa shape index (κ2) is 5.64. The molecular weight excluding hydrogens is 204 g/mol. The van der Waals surface area contributed by atoms with Gasteiger partial charge >= 0.3 is 0 Å². The number of nitrogens with one attached hydrogen (secondary N) is 1. The standard InChI is InChI=1S/C12H22N2O2/c1-2-3-4-16-9-12(15)14-7-10-5-13-6-11(10)8-14/h10-11,13H,2-9H2,1H3/t10-,11+. The molecule has 2 rings (SSSR count). The Morgan fingerprint density at radius 3 is 2.69 bits per heavy atom. The van der Waals surface area contributed by atoms with Gasteiger partial charge < -0.3 is 15.0 Å². The van der Waals surface area contributed by atoms with Gasteiger partial charge in [-0.2, -0.15) is 0 Å². The van der Waals surface area contributed by atoms with E-state index in [-0.39, 0.29) is 12.5 Å². The van der Waals surface area contributed by atoms with Crippen LogP contribution in [0.4, 0.5) is 0 Å². The van der Waals surface area contributed by atoms with Gasteiger partial charge in [-0.1, -0.05) is 13.3 Å². The lowest BCUT2D eigenvalue weighted by molar-refractivity contribution is -0.135. The monoisotopic (exact) mass is 226 g/mol. The lowest BCUT2D eigenvalue weighted by Crippen LogP contribution is -2.34. The third kappa shape index (κ3) is 2.74. The predicted molar refractivity (Wildman–Crippen MR) is 62.2 cm³/mol. The van der Waals surface area contributed by atoms with Crippen LogP contribution in [0.2, 0.25) is 0 Å². The summed E-state index contributed by atoms with van der Waals surface area (Å²) in [4.78, 5) is 13.8. The van der Waals surface area contributed by atoms with Crippen molar-refractivity contribution in [3.05, 3.63) is 0 Å². The number of carbonyl (C=O) groups excluding carboxylic acids is 1. The van der Waals surface area contributed by atoms with Crippen LogP contribution < -0.4 is 5.32 Å². The molecule has 2 atom stereocenters. The molecule has 0 bridgehead atoms. The van der Waals surface area contributed by atoms with Crippen LogP contribution in [-0.4, -0.2) is 50.2 Å². The Bertz CT molecular complexity index is 233. The average Bonchev–Trinajstić information content (AvgIpc) is 2.83. The molecule has 0 aromatic rings. The minimum absolute atomic E-state index is 0.172. The van der Waals surface area contributed by atoms with Crippen LogP contribution in [0.25, 0.3) is 0 Å². The number of nitrogens with zero attached hydrogens (tertiary/aromatic N) is 1. The summed E-state index contributed by atoms with van der Waals surface area (Å²) in [5.41, 5.74) is 0. The molecule has 4 nitrogen and oxygen atoms in total. The van der Waals surface area contributed by atoms with Gasteiger partial charge in [0.2, 0.25) is 5.91 Å². The molecule has 0 aromatic heterocycles. The zero-order valence-corrected chi connectivity index (χ0v) is 10.1. The summed E-state index contributed by atoms with van der Waals surface area (Å²) in [5.74, 6) is 1.53. The van der Waals surface area contributed by atoms with Gasteiger partial charge in [0.15, 0.2) is 0 Å². The first-order valence-corrected chi connectivity index (χ1v) is 6.37. The van der Waals surface area contributed by atoms with Crippen molar-refractivity contribution in [1.29, 1.82) is 0 Å². The molecule has 0 aliphatic carbocycles. The normalized spacial score (nSPS) is 28.4. The Kier molecular flexibility index (Phi) is 4.18. The van der Waals surface area contributed by atoms with Gasteiger partial charge in [0.05, 0.1) is 0 Å². The lowest BCUT2D eigenvalue weighted by Gasteiger charge is -2.17. The minimum Gasteiger partial charge on any atom is -0.372 e. The first-order valence-electron chi connectivity index (χ1n) is 6.37. The summed E-state index contributed by atoms with van der Waals surface area (Å²) in [6.45, 7) is 7.11. The largest absolute Gasteiger partial charge is 0.372 e. The third-order valence-electron chi connectivity index (χ3n) is 3.61. The number of amides is 1. The fourth-order valence-electron chi connectivity index (χ4n) is 2.56. The summed E-state index contributed by atoms with van der Waals surface area (Å²) in [6.07, 6.45) is 2.16. The number of hydrogen-bond acceptors (Lipinski definition) is 3. The molecule has 0 saturated carbocycles. The van der Waals surface area contributed by atoms with Crippen LogP contribution >= 0.6 is 0 Å². The first kappa shape index (κ1) is 11.9. The summed E-state index contributed by atoms with van der Waals surface area (Å²) in [7, 11) is 0. The highest BCUT2D eigenvalue weighted by molar-refractivity contribution is 5.77. The molecule has 2 saturated heterocycles. The summed E-state index contributed by atoms with van der Waals surface area (Å²) >= 11 is 0. The van der Waals surface area contributed by atoms with Crippen LogP contribution in [0.5, 0.6) is 0 Å². The molecule has 0 aromatic carbocycles. The van der Waals surface area contributed by atoms with E-state index in [4.69, 9.17) is 4.74 Å². The molecule has 92 valence electrons. The fraction of sp³-hybridized carbons (Fsp3) is 0.917. The second-order valence-electron chi connectivity index (χ2n) is 4.88. The quantitative estimate of drug-likeness (QED) is 0.693. The number of hydrogen-bond donors (Lipinski definition) is 1. The van der Waals surface area contributed by atoms with Crippen molar-refractivity contribution < 1.29 is 9.53 Å². The van der Waals surface area contributed by atoms with Crippen molar-refractivity contribution in [3.63, 3.8) is 0 Å². The molecule has 2 heterocycles. The van der Waals surface area contributed by atoms with Crippen molar-refractivity contribution in [2.45, 2.75) is 19.8 Å². The summed E-state index contributed by atoms with van der Waals surface area (Å²) in [6, 6.07) is 0. The van der Waals surface area contributed by atoms with E-state index in [0.717, 1.165) is 39.0 Å². The SMILES string of the molecule is CCCCOCC(=O)N1C[C@H]2CNC[C@H]2C1. The zero-order valence-electron chi connectivity index (χ0n) is 10.1. The van der Waals surface area contributed by atoms with Crippen LogP contribution in [-0.2, 0) is 9.53 Å². The topological polar surface area (TPSA) is 41.6 Å². The smallest absolute Gasteiger partial charge is 0.248 e. The van der Waals surface area contributed by atoms with Gasteiger partial charge in [-0.25, -0.2) is 0 Å². The Morgan fingerprint density at radius 2 is 2.06 bits per heavy atom. The van der Waals surface area contributed by atoms with Crippen molar-refractivity contribution in [1.82, 2.24) is 10.2 Å². The van der Waals surface area contributed by atoms with Crippen molar-refractivity contribution in [2.75, 3.05) is 39.4 Å². The van der Waals surface area contributed by atoms with Crippen molar-refractivity contribution in [3.8, 4) is 0 Å². The maximum Gasteiger partial charge on any atom is 0.248 e. The number of rotatable bonds is 5. The molecule has 0 spiro atoms. The molecule has 16 heavy (non-hydrogen) atoms. The molecular formula is C12H22N2O2. The Balaban J connectivity index is 1.66. The molecule has 1 amide bonds. The molecule has 0 radical (unpaired) electrons. The molecule has 1 N–H and O–H groups in total.